The van der Waals surface area contributed by atoms with E-state index in [4.69, 9.17) is 28.9 Å². The highest BCUT2D eigenvalue weighted by atomic mass is 35.5. The van der Waals surface area contributed by atoms with Gasteiger partial charge in [-0.2, -0.15) is 0 Å². The molecule has 5 rings (SSSR count). The lowest BCUT2D eigenvalue weighted by Gasteiger charge is -2.31. The molecule has 0 bridgehead atoms. The molecule has 0 radical (unpaired) electrons. The zero-order valence-electron chi connectivity index (χ0n) is 19.0. The molecule has 0 unspecified atom stereocenters. The summed E-state index contributed by atoms with van der Waals surface area (Å²) in [5.74, 6) is 0.513. The van der Waals surface area contributed by atoms with Crippen molar-refractivity contribution in [3.05, 3.63) is 52.3 Å². The SMILES string of the molecule is CCN(c1nc2ccc(Cl)cc2[nH]1)c1ncnc2cc(C(=O)N3CCC(C(N)=O)CC3)c(Cl)cc12. The van der Waals surface area contributed by atoms with E-state index in [2.05, 4.69) is 19.9 Å². The molecule has 4 aromatic rings. The zero-order chi connectivity index (χ0) is 24.7. The fourth-order valence-corrected chi connectivity index (χ4v) is 4.89. The lowest BCUT2D eigenvalue weighted by Crippen LogP contribution is -2.41. The van der Waals surface area contributed by atoms with Crippen LogP contribution in [0, 0.1) is 5.92 Å². The molecule has 1 aliphatic heterocycles. The topological polar surface area (TPSA) is 121 Å². The highest BCUT2D eigenvalue weighted by molar-refractivity contribution is 6.35. The highest BCUT2D eigenvalue weighted by Crippen LogP contribution is 2.33. The summed E-state index contributed by atoms with van der Waals surface area (Å²) in [7, 11) is 0. The molecule has 0 aliphatic carbocycles. The summed E-state index contributed by atoms with van der Waals surface area (Å²) in [6.07, 6.45) is 2.56. The highest BCUT2D eigenvalue weighted by Gasteiger charge is 2.28. The van der Waals surface area contributed by atoms with Crippen molar-refractivity contribution < 1.29 is 9.59 Å². The number of halogens is 2. The van der Waals surface area contributed by atoms with E-state index in [0.29, 0.717) is 70.8 Å². The number of hydrogen-bond acceptors (Lipinski definition) is 6. The minimum Gasteiger partial charge on any atom is -0.369 e. The Morgan fingerprint density at radius 3 is 2.63 bits per heavy atom. The summed E-state index contributed by atoms with van der Waals surface area (Å²) in [5.41, 5.74) is 7.97. The molecule has 1 fully saturated rings. The van der Waals surface area contributed by atoms with Crippen molar-refractivity contribution in [2.45, 2.75) is 19.8 Å². The van der Waals surface area contributed by atoms with Crippen molar-refractivity contribution in [2.75, 3.05) is 24.5 Å². The number of aromatic amines is 1. The number of benzene rings is 2. The maximum absolute atomic E-state index is 13.2. The van der Waals surface area contributed by atoms with Crippen LogP contribution >= 0.6 is 23.2 Å². The van der Waals surface area contributed by atoms with Gasteiger partial charge >= 0.3 is 0 Å². The fourth-order valence-electron chi connectivity index (χ4n) is 4.48. The lowest BCUT2D eigenvalue weighted by molar-refractivity contribution is -0.123. The predicted octanol–water partition coefficient (Wildman–Crippen LogP) is 4.31. The molecular formula is C24H23Cl2N7O2. The monoisotopic (exact) mass is 511 g/mol. The minimum absolute atomic E-state index is 0.193. The third-order valence-corrected chi connectivity index (χ3v) is 6.92. The molecule has 11 heteroatoms. The lowest BCUT2D eigenvalue weighted by atomic mass is 9.96. The molecule has 2 aromatic carbocycles. The number of H-pyrrole nitrogens is 1. The molecule has 1 saturated heterocycles. The van der Waals surface area contributed by atoms with E-state index >= 15 is 0 Å². The molecule has 180 valence electrons. The molecule has 1 aliphatic rings. The van der Waals surface area contributed by atoms with Crippen LogP contribution in [0.4, 0.5) is 11.8 Å². The summed E-state index contributed by atoms with van der Waals surface area (Å²) in [6, 6.07) is 8.87. The Bertz CT molecular complexity index is 1450. The summed E-state index contributed by atoms with van der Waals surface area (Å²) < 4.78 is 0. The first-order valence-electron chi connectivity index (χ1n) is 11.3. The predicted molar refractivity (Wildman–Crippen MR) is 136 cm³/mol. The average Bonchev–Trinajstić information content (AvgIpc) is 3.26. The van der Waals surface area contributed by atoms with Crippen LogP contribution < -0.4 is 10.6 Å². The van der Waals surface area contributed by atoms with Crippen molar-refractivity contribution >= 4 is 68.7 Å². The van der Waals surface area contributed by atoms with Crippen molar-refractivity contribution in [1.82, 2.24) is 24.8 Å². The van der Waals surface area contributed by atoms with Gasteiger partial charge in [0.1, 0.15) is 12.1 Å². The van der Waals surface area contributed by atoms with Crippen LogP contribution in [0.3, 0.4) is 0 Å². The Morgan fingerprint density at radius 2 is 1.91 bits per heavy atom. The van der Waals surface area contributed by atoms with E-state index in [1.807, 2.05) is 24.0 Å². The van der Waals surface area contributed by atoms with Crippen LogP contribution in [0.1, 0.15) is 30.1 Å². The number of nitrogens with zero attached hydrogens (tertiary/aromatic N) is 5. The quantitative estimate of drug-likeness (QED) is 0.411. The second-order valence-electron chi connectivity index (χ2n) is 8.48. The first-order chi connectivity index (χ1) is 16.9. The molecule has 9 nitrogen and oxygen atoms in total. The average molecular weight is 512 g/mol. The Labute approximate surface area is 211 Å². The molecule has 0 atom stereocenters. The fraction of sp³-hybridized carbons (Fsp3) is 0.292. The number of hydrogen-bond donors (Lipinski definition) is 2. The Morgan fingerprint density at radius 1 is 1.14 bits per heavy atom. The van der Waals surface area contributed by atoms with E-state index in [1.54, 1.807) is 23.1 Å². The Balaban J connectivity index is 1.49. The van der Waals surface area contributed by atoms with Gasteiger partial charge in [0.2, 0.25) is 11.9 Å². The molecule has 2 aromatic heterocycles. The number of carbonyl (C=O) groups is 2. The van der Waals surface area contributed by atoms with Crippen LogP contribution in [0.5, 0.6) is 0 Å². The van der Waals surface area contributed by atoms with Crippen molar-refractivity contribution in [3.8, 4) is 0 Å². The van der Waals surface area contributed by atoms with Gasteiger partial charge in [0.15, 0.2) is 0 Å². The van der Waals surface area contributed by atoms with E-state index < -0.39 is 0 Å². The minimum atomic E-state index is -0.321. The van der Waals surface area contributed by atoms with Crippen LogP contribution in [0.15, 0.2) is 36.7 Å². The number of fused-ring (bicyclic) bond motifs is 2. The molecule has 35 heavy (non-hydrogen) atoms. The van der Waals surface area contributed by atoms with Gasteiger partial charge in [-0.05, 0) is 50.1 Å². The number of amides is 2. The number of primary amides is 1. The van der Waals surface area contributed by atoms with E-state index in [9.17, 15) is 9.59 Å². The van der Waals surface area contributed by atoms with Gasteiger partial charge in [0.25, 0.3) is 5.91 Å². The second kappa shape index (κ2) is 9.31. The Kier molecular flexibility index (Phi) is 6.21. The molecular weight excluding hydrogens is 489 g/mol. The van der Waals surface area contributed by atoms with E-state index in [1.165, 1.54) is 6.33 Å². The van der Waals surface area contributed by atoms with Gasteiger partial charge in [-0.3, -0.25) is 14.5 Å². The molecule has 0 spiro atoms. The third kappa shape index (κ3) is 4.37. The summed E-state index contributed by atoms with van der Waals surface area (Å²) in [4.78, 5) is 45.2. The van der Waals surface area contributed by atoms with Crippen molar-refractivity contribution in [3.63, 3.8) is 0 Å². The summed E-state index contributed by atoms with van der Waals surface area (Å²) in [6.45, 7) is 3.47. The first-order valence-corrected chi connectivity index (χ1v) is 12.1. The molecule has 0 saturated carbocycles. The van der Waals surface area contributed by atoms with Crippen LogP contribution in [0.25, 0.3) is 21.9 Å². The summed E-state index contributed by atoms with van der Waals surface area (Å²) in [5, 5.41) is 1.62. The van der Waals surface area contributed by atoms with Gasteiger partial charge in [-0.1, -0.05) is 23.2 Å². The number of anilines is 2. The standard InChI is InChI=1S/C24H23Cl2N7O2/c1-2-33(24-30-18-4-3-14(25)9-20(18)31-24)22-16-10-17(26)15(11-19(16)28-12-29-22)23(35)32-7-5-13(6-8-32)21(27)34/h3-4,9-13H,2,5-8H2,1H3,(H2,27,34)(H,30,31). The number of nitrogens with one attached hydrogen (secondary N) is 1. The molecule has 2 amide bonds. The largest absolute Gasteiger partial charge is 0.369 e. The zero-order valence-corrected chi connectivity index (χ0v) is 20.5. The van der Waals surface area contributed by atoms with Gasteiger partial charge in [-0.15, -0.1) is 0 Å². The second-order valence-corrected chi connectivity index (χ2v) is 9.33. The maximum atomic E-state index is 13.2. The maximum Gasteiger partial charge on any atom is 0.255 e. The number of nitrogens with two attached hydrogens (primary N) is 1. The molecule has 3 heterocycles. The third-order valence-electron chi connectivity index (χ3n) is 6.38. The molecule has 3 N–H and O–H groups in total. The van der Waals surface area contributed by atoms with Crippen molar-refractivity contribution in [1.29, 1.82) is 0 Å². The number of carbonyl (C=O) groups excluding carboxylic acids is 2. The first kappa shape index (κ1) is 23.3. The number of likely N-dealkylation sites (tertiary alicyclic amines) is 1. The van der Waals surface area contributed by atoms with Gasteiger partial charge in [-0.25, -0.2) is 15.0 Å². The summed E-state index contributed by atoms with van der Waals surface area (Å²) >= 11 is 12.7. The van der Waals surface area contributed by atoms with Crippen LogP contribution in [0.2, 0.25) is 10.0 Å². The number of imidazole rings is 1. The normalized spacial score (nSPS) is 14.5. The van der Waals surface area contributed by atoms with E-state index in [-0.39, 0.29) is 17.7 Å². The number of rotatable bonds is 5. The van der Waals surface area contributed by atoms with Crippen LogP contribution in [-0.4, -0.2) is 56.3 Å². The van der Waals surface area contributed by atoms with E-state index in [0.717, 1.165) is 11.0 Å². The number of piperidine rings is 1. The van der Waals surface area contributed by atoms with Crippen molar-refractivity contribution in [2.24, 2.45) is 11.7 Å². The number of aromatic nitrogens is 4. The Hall–Kier alpha value is -3.43. The van der Waals surface area contributed by atoms with Gasteiger partial charge < -0.3 is 15.6 Å². The van der Waals surface area contributed by atoms with Gasteiger partial charge in [0.05, 0.1) is 27.1 Å². The smallest absolute Gasteiger partial charge is 0.255 e. The van der Waals surface area contributed by atoms with Crippen LogP contribution in [-0.2, 0) is 4.79 Å². The van der Waals surface area contributed by atoms with Gasteiger partial charge in [0, 0.05) is 36.0 Å².